The molecule has 9 heteroatoms. The predicted molar refractivity (Wildman–Crippen MR) is 109 cm³/mol. The third kappa shape index (κ3) is 4.34. The highest BCUT2D eigenvalue weighted by Gasteiger charge is 2.17. The molecule has 0 atom stereocenters. The lowest BCUT2D eigenvalue weighted by Crippen LogP contribution is -2.25. The van der Waals surface area contributed by atoms with Gasteiger partial charge in [0, 0.05) is 20.4 Å². The molecule has 0 unspecified atom stereocenters. The van der Waals surface area contributed by atoms with E-state index in [1.165, 1.54) is 12.1 Å². The SMILES string of the molecule is O=C(O)c1cc(I)ccc1NC(=O)c1cnc(-c2ccc(Cl)cc2)[nH]c1=O. The van der Waals surface area contributed by atoms with E-state index in [0.29, 0.717) is 14.2 Å². The Morgan fingerprint density at radius 2 is 1.81 bits per heavy atom. The first kappa shape index (κ1) is 19.1. The fourth-order valence-corrected chi connectivity index (χ4v) is 2.92. The van der Waals surface area contributed by atoms with Crippen molar-refractivity contribution in [2.75, 3.05) is 5.32 Å². The molecular formula is C18H11ClIN3O4. The molecule has 1 amide bonds. The number of carboxylic acids is 1. The summed E-state index contributed by atoms with van der Waals surface area (Å²) in [7, 11) is 0. The van der Waals surface area contributed by atoms with Crippen LogP contribution in [-0.2, 0) is 0 Å². The maximum Gasteiger partial charge on any atom is 0.337 e. The number of hydrogen-bond donors (Lipinski definition) is 3. The van der Waals surface area contributed by atoms with Crippen LogP contribution in [0.3, 0.4) is 0 Å². The van der Waals surface area contributed by atoms with Crippen molar-refractivity contribution in [3.63, 3.8) is 0 Å². The Labute approximate surface area is 171 Å². The van der Waals surface area contributed by atoms with E-state index in [4.69, 9.17) is 11.6 Å². The summed E-state index contributed by atoms with van der Waals surface area (Å²) >= 11 is 7.80. The van der Waals surface area contributed by atoms with Gasteiger partial charge in [0.15, 0.2) is 0 Å². The van der Waals surface area contributed by atoms with Gasteiger partial charge in [0.2, 0.25) is 0 Å². The topological polar surface area (TPSA) is 112 Å². The molecule has 0 aliphatic heterocycles. The smallest absolute Gasteiger partial charge is 0.337 e. The van der Waals surface area contributed by atoms with Crippen LogP contribution >= 0.6 is 34.2 Å². The summed E-state index contributed by atoms with van der Waals surface area (Å²) in [5.74, 6) is -1.65. The number of benzene rings is 2. The van der Waals surface area contributed by atoms with Gasteiger partial charge in [-0.2, -0.15) is 0 Å². The minimum absolute atomic E-state index is 0.0718. The highest BCUT2D eigenvalue weighted by Crippen LogP contribution is 2.20. The number of amides is 1. The van der Waals surface area contributed by atoms with E-state index in [-0.39, 0.29) is 22.6 Å². The van der Waals surface area contributed by atoms with E-state index in [1.54, 1.807) is 30.3 Å². The normalized spacial score (nSPS) is 10.4. The van der Waals surface area contributed by atoms with Crippen molar-refractivity contribution in [3.05, 3.63) is 78.7 Å². The molecule has 1 heterocycles. The molecular weight excluding hydrogens is 485 g/mol. The van der Waals surface area contributed by atoms with Gasteiger partial charge in [-0.1, -0.05) is 11.6 Å². The zero-order valence-corrected chi connectivity index (χ0v) is 16.4. The summed E-state index contributed by atoms with van der Waals surface area (Å²) < 4.78 is 0.704. The molecule has 0 bridgehead atoms. The van der Waals surface area contributed by atoms with Crippen molar-refractivity contribution in [2.45, 2.75) is 0 Å². The lowest BCUT2D eigenvalue weighted by atomic mass is 10.1. The number of anilines is 1. The Morgan fingerprint density at radius 3 is 2.44 bits per heavy atom. The number of rotatable bonds is 4. The Morgan fingerprint density at radius 1 is 1.11 bits per heavy atom. The van der Waals surface area contributed by atoms with Gasteiger partial charge in [0.25, 0.3) is 11.5 Å². The van der Waals surface area contributed by atoms with E-state index < -0.39 is 17.4 Å². The van der Waals surface area contributed by atoms with E-state index in [1.807, 2.05) is 22.6 Å². The zero-order valence-electron chi connectivity index (χ0n) is 13.5. The minimum atomic E-state index is -1.19. The monoisotopic (exact) mass is 495 g/mol. The number of H-pyrrole nitrogens is 1. The zero-order chi connectivity index (χ0) is 19.6. The van der Waals surface area contributed by atoms with Gasteiger partial charge in [-0.3, -0.25) is 9.59 Å². The number of hydrogen-bond acceptors (Lipinski definition) is 4. The van der Waals surface area contributed by atoms with Gasteiger partial charge in [-0.25, -0.2) is 9.78 Å². The van der Waals surface area contributed by atoms with Gasteiger partial charge in [-0.15, -0.1) is 0 Å². The summed E-state index contributed by atoms with van der Waals surface area (Å²) in [4.78, 5) is 42.7. The number of aromatic nitrogens is 2. The molecule has 0 saturated heterocycles. The maximum atomic E-state index is 12.4. The van der Waals surface area contributed by atoms with Crippen LogP contribution in [0.25, 0.3) is 11.4 Å². The van der Waals surface area contributed by atoms with E-state index in [2.05, 4.69) is 15.3 Å². The first-order valence-electron chi connectivity index (χ1n) is 7.54. The standard InChI is InChI=1S/C18H11ClIN3O4/c19-10-3-1-9(2-4-10)15-21-8-13(17(25)23-15)16(24)22-14-6-5-11(20)7-12(14)18(26)27/h1-8H,(H,22,24)(H,26,27)(H,21,23,25). The molecule has 0 radical (unpaired) electrons. The highest BCUT2D eigenvalue weighted by molar-refractivity contribution is 14.1. The molecule has 0 aliphatic carbocycles. The van der Waals surface area contributed by atoms with Crippen LogP contribution in [0.4, 0.5) is 5.69 Å². The fraction of sp³-hybridized carbons (Fsp3) is 0. The summed E-state index contributed by atoms with van der Waals surface area (Å²) in [6.07, 6.45) is 1.14. The largest absolute Gasteiger partial charge is 0.478 e. The average Bonchev–Trinajstić information content (AvgIpc) is 2.63. The lowest BCUT2D eigenvalue weighted by Gasteiger charge is -2.09. The van der Waals surface area contributed by atoms with Crippen molar-refractivity contribution in [3.8, 4) is 11.4 Å². The molecule has 136 valence electrons. The van der Waals surface area contributed by atoms with E-state index in [9.17, 15) is 19.5 Å². The Balaban J connectivity index is 1.89. The second-order valence-corrected chi connectivity index (χ2v) is 7.11. The Kier molecular flexibility index (Phi) is 5.57. The first-order chi connectivity index (χ1) is 12.8. The second-order valence-electron chi connectivity index (χ2n) is 5.43. The molecule has 3 aromatic rings. The number of nitrogens with zero attached hydrogens (tertiary/aromatic N) is 1. The van der Waals surface area contributed by atoms with Crippen LogP contribution in [0.5, 0.6) is 0 Å². The molecule has 7 nitrogen and oxygen atoms in total. The van der Waals surface area contributed by atoms with Gasteiger partial charge in [0.05, 0.1) is 11.3 Å². The molecule has 0 fully saturated rings. The van der Waals surface area contributed by atoms with Crippen molar-refractivity contribution in [2.24, 2.45) is 0 Å². The van der Waals surface area contributed by atoms with Crippen molar-refractivity contribution >= 4 is 51.8 Å². The number of aromatic amines is 1. The summed E-state index contributed by atoms with van der Waals surface area (Å²) in [5.41, 5.74) is -0.224. The van der Waals surface area contributed by atoms with Crippen LogP contribution in [0.15, 0.2) is 53.5 Å². The number of carbonyl (C=O) groups is 2. The number of halogens is 2. The molecule has 0 aliphatic rings. The average molecular weight is 496 g/mol. The second kappa shape index (κ2) is 7.89. The van der Waals surface area contributed by atoms with E-state index in [0.717, 1.165) is 6.20 Å². The molecule has 3 rings (SSSR count). The van der Waals surface area contributed by atoms with Gasteiger partial charge in [-0.05, 0) is 65.1 Å². The van der Waals surface area contributed by atoms with Crippen LogP contribution < -0.4 is 10.9 Å². The summed E-state index contributed by atoms with van der Waals surface area (Å²) in [5, 5.41) is 12.3. The lowest BCUT2D eigenvalue weighted by molar-refractivity contribution is 0.0698. The molecule has 1 aromatic heterocycles. The summed E-state index contributed by atoms with van der Waals surface area (Å²) in [6, 6.07) is 11.2. The van der Waals surface area contributed by atoms with Crippen LogP contribution in [-0.4, -0.2) is 27.0 Å². The number of nitrogens with one attached hydrogen (secondary N) is 2. The Hall–Kier alpha value is -2.72. The maximum absolute atomic E-state index is 12.4. The molecule has 3 N–H and O–H groups in total. The third-order valence-electron chi connectivity index (χ3n) is 3.62. The third-order valence-corrected chi connectivity index (χ3v) is 4.54. The van der Waals surface area contributed by atoms with Crippen LogP contribution in [0.1, 0.15) is 20.7 Å². The summed E-state index contributed by atoms with van der Waals surface area (Å²) in [6.45, 7) is 0. The van der Waals surface area contributed by atoms with Gasteiger partial charge < -0.3 is 15.4 Å². The number of carbonyl (C=O) groups excluding carboxylic acids is 1. The number of carboxylic acid groups (broad SMARTS) is 1. The van der Waals surface area contributed by atoms with Crippen LogP contribution in [0.2, 0.25) is 5.02 Å². The van der Waals surface area contributed by atoms with Gasteiger partial charge >= 0.3 is 5.97 Å². The number of aromatic carboxylic acids is 1. The Bertz CT molecular complexity index is 1100. The fourth-order valence-electron chi connectivity index (χ4n) is 2.30. The minimum Gasteiger partial charge on any atom is -0.478 e. The highest BCUT2D eigenvalue weighted by atomic mass is 127. The van der Waals surface area contributed by atoms with Crippen molar-refractivity contribution in [1.82, 2.24) is 9.97 Å². The van der Waals surface area contributed by atoms with Crippen molar-refractivity contribution < 1.29 is 14.7 Å². The van der Waals surface area contributed by atoms with Gasteiger partial charge in [0.1, 0.15) is 11.4 Å². The van der Waals surface area contributed by atoms with Crippen LogP contribution in [0, 0.1) is 3.57 Å². The first-order valence-corrected chi connectivity index (χ1v) is 9.00. The predicted octanol–water partition coefficient (Wildman–Crippen LogP) is 3.65. The van der Waals surface area contributed by atoms with E-state index >= 15 is 0 Å². The molecule has 2 aromatic carbocycles. The van der Waals surface area contributed by atoms with Crippen molar-refractivity contribution in [1.29, 1.82) is 0 Å². The molecule has 0 spiro atoms. The molecule has 0 saturated carbocycles. The quantitative estimate of drug-likeness (QED) is 0.479. The molecule has 27 heavy (non-hydrogen) atoms.